The lowest BCUT2D eigenvalue weighted by molar-refractivity contribution is -0.148. The van der Waals surface area contributed by atoms with Gasteiger partial charge in [0.1, 0.15) is 17.2 Å². The molecule has 0 saturated heterocycles. The number of halogens is 2. The number of alkyl halides is 2. The average molecular weight is 397 g/mol. The van der Waals surface area contributed by atoms with Gasteiger partial charge >= 0.3 is 12.1 Å². The van der Waals surface area contributed by atoms with Crippen LogP contribution >= 0.6 is 0 Å². The third-order valence-electron chi connectivity index (χ3n) is 3.29. The van der Waals surface area contributed by atoms with E-state index >= 15 is 0 Å². The Labute approximate surface area is 165 Å². The summed E-state index contributed by atoms with van der Waals surface area (Å²) in [6, 6.07) is 6.95. The molecule has 156 valence electrons. The van der Waals surface area contributed by atoms with Gasteiger partial charge in [0.15, 0.2) is 0 Å². The van der Waals surface area contributed by atoms with Crippen LogP contribution in [0.2, 0.25) is 0 Å². The summed E-state index contributed by atoms with van der Waals surface area (Å²) >= 11 is 0. The lowest BCUT2D eigenvalue weighted by Gasteiger charge is -2.28. The van der Waals surface area contributed by atoms with Crippen LogP contribution in [0.5, 0.6) is 0 Å². The van der Waals surface area contributed by atoms with Crippen molar-refractivity contribution in [2.75, 3.05) is 0 Å². The Balaban J connectivity index is 3.00. The average Bonchev–Trinajstić information content (AvgIpc) is 2.50. The molecule has 7 heteroatoms. The van der Waals surface area contributed by atoms with Crippen LogP contribution in [0, 0.1) is 0 Å². The summed E-state index contributed by atoms with van der Waals surface area (Å²) in [5, 5.41) is 2.22. The molecule has 1 aromatic carbocycles. The van der Waals surface area contributed by atoms with Crippen molar-refractivity contribution in [1.82, 2.24) is 5.32 Å². The first-order valence-electron chi connectivity index (χ1n) is 9.01. The quantitative estimate of drug-likeness (QED) is 0.560. The molecular weight excluding hydrogens is 368 g/mol. The number of nitrogens with one attached hydrogen (secondary N) is 1. The SMILES string of the molecule is CC(C)(C)OC(=O)/C=C\C(F)(F)[C@H](Cc1ccccc1)NC(=O)OC(C)(C)C. The molecule has 1 amide bonds. The van der Waals surface area contributed by atoms with Crippen molar-refractivity contribution in [2.45, 2.75) is 71.1 Å². The number of hydrogen-bond acceptors (Lipinski definition) is 4. The Hall–Kier alpha value is -2.44. The van der Waals surface area contributed by atoms with Crippen molar-refractivity contribution in [1.29, 1.82) is 0 Å². The van der Waals surface area contributed by atoms with Crippen molar-refractivity contribution in [3.8, 4) is 0 Å². The first-order valence-corrected chi connectivity index (χ1v) is 9.01. The van der Waals surface area contributed by atoms with E-state index in [1.807, 2.05) is 0 Å². The predicted molar refractivity (Wildman–Crippen MR) is 103 cm³/mol. The Morgan fingerprint density at radius 3 is 2.04 bits per heavy atom. The maximum absolute atomic E-state index is 14.8. The molecule has 1 rings (SSSR count). The molecular formula is C21H29F2NO4. The number of amides is 1. The molecule has 0 bridgehead atoms. The fourth-order valence-corrected chi connectivity index (χ4v) is 2.21. The highest BCUT2D eigenvalue weighted by Gasteiger charge is 2.39. The van der Waals surface area contributed by atoms with Crippen molar-refractivity contribution in [3.05, 3.63) is 48.0 Å². The fourth-order valence-electron chi connectivity index (χ4n) is 2.21. The predicted octanol–water partition coefficient (Wildman–Crippen LogP) is 4.66. The minimum Gasteiger partial charge on any atom is -0.457 e. The molecule has 0 aromatic heterocycles. The van der Waals surface area contributed by atoms with Gasteiger partial charge in [-0.1, -0.05) is 30.3 Å². The zero-order valence-corrected chi connectivity index (χ0v) is 17.2. The summed E-state index contributed by atoms with van der Waals surface area (Å²) in [5.74, 6) is -4.40. The summed E-state index contributed by atoms with van der Waals surface area (Å²) in [4.78, 5) is 23.8. The molecule has 0 heterocycles. The topological polar surface area (TPSA) is 64.6 Å². The lowest BCUT2D eigenvalue weighted by Crippen LogP contribution is -2.49. The number of rotatable bonds is 6. The van der Waals surface area contributed by atoms with Crippen LogP contribution in [0.25, 0.3) is 0 Å². The first-order chi connectivity index (χ1) is 12.7. The smallest absolute Gasteiger partial charge is 0.408 e. The maximum Gasteiger partial charge on any atom is 0.408 e. The molecule has 0 aliphatic rings. The fraction of sp³-hybridized carbons (Fsp3) is 0.524. The van der Waals surface area contributed by atoms with Crippen molar-refractivity contribution >= 4 is 12.1 Å². The lowest BCUT2D eigenvalue weighted by atomic mass is 10.00. The van der Waals surface area contributed by atoms with E-state index in [0.717, 1.165) is 0 Å². The first kappa shape index (κ1) is 23.6. The maximum atomic E-state index is 14.8. The minimum absolute atomic E-state index is 0.147. The van der Waals surface area contributed by atoms with E-state index in [9.17, 15) is 18.4 Å². The van der Waals surface area contributed by atoms with E-state index in [2.05, 4.69) is 5.32 Å². The third kappa shape index (κ3) is 9.48. The number of ether oxygens (including phenoxy) is 2. The molecule has 1 atom stereocenters. The van der Waals surface area contributed by atoms with E-state index < -0.39 is 35.2 Å². The zero-order valence-electron chi connectivity index (χ0n) is 17.2. The molecule has 0 aliphatic carbocycles. The summed E-state index contributed by atoms with van der Waals surface area (Å²) < 4.78 is 39.7. The Morgan fingerprint density at radius 2 is 1.54 bits per heavy atom. The van der Waals surface area contributed by atoms with E-state index in [1.165, 1.54) is 0 Å². The van der Waals surface area contributed by atoms with Gasteiger partial charge < -0.3 is 14.8 Å². The van der Waals surface area contributed by atoms with Crippen LogP contribution in [-0.2, 0) is 20.7 Å². The highest BCUT2D eigenvalue weighted by molar-refractivity contribution is 5.82. The summed E-state index contributed by atoms with van der Waals surface area (Å²) in [7, 11) is 0. The van der Waals surface area contributed by atoms with Gasteiger partial charge in [0.25, 0.3) is 5.92 Å². The number of benzene rings is 1. The van der Waals surface area contributed by atoms with Crippen molar-refractivity contribution in [2.24, 2.45) is 0 Å². The Kier molecular flexibility index (Phi) is 7.73. The van der Waals surface area contributed by atoms with Gasteiger partial charge in [0.05, 0.1) is 0 Å². The molecule has 0 unspecified atom stereocenters. The van der Waals surface area contributed by atoms with Gasteiger partial charge in [-0.05, 0) is 59.6 Å². The number of carbonyl (C=O) groups is 2. The van der Waals surface area contributed by atoms with Crippen molar-refractivity contribution < 1.29 is 27.8 Å². The van der Waals surface area contributed by atoms with Gasteiger partial charge in [-0.2, -0.15) is 8.78 Å². The summed E-state index contributed by atoms with van der Waals surface area (Å²) in [6.07, 6.45) is 0.0245. The number of alkyl carbamates (subject to hydrolysis) is 1. The van der Waals surface area contributed by atoms with Gasteiger partial charge in [-0.15, -0.1) is 0 Å². The van der Waals surface area contributed by atoms with Gasteiger partial charge in [0, 0.05) is 6.08 Å². The Bertz CT molecular complexity index is 689. The third-order valence-corrected chi connectivity index (χ3v) is 3.29. The normalized spacial score (nSPS) is 13.9. The van der Waals surface area contributed by atoms with E-state index in [4.69, 9.17) is 9.47 Å². The largest absolute Gasteiger partial charge is 0.457 e. The van der Waals surface area contributed by atoms with Crippen LogP contribution < -0.4 is 5.32 Å². The highest BCUT2D eigenvalue weighted by Crippen LogP contribution is 2.25. The van der Waals surface area contributed by atoms with Crippen LogP contribution in [0.3, 0.4) is 0 Å². The molecule has 0 radical (unpaired) electrons. The van der Waals surface area contributed by atoms with Crippen LogP contribution in [0.1, 0.15) is 47.1 Å². The van der Waals surface area contributed by atoms with E-state index in [0.29, 0.717) is 17.7 Å². The summed E-state index contributed by atoms with van der Waals surface area (Å²) in [5.41, 5.74) is -1.02. The molecule has 28 heavy (non-hydrogen) atoms. The standard InChI is InChI=1S/C21H29F2NO4/c1-19(2,3)27-17(25)12-13-21(22,23)16(14-15-10-8-7-9-11-15)24-18(26)28-20(4,5)6/h7-13,16H,14H2,1-6H3,(H,24,26)/b13-12-/t16-/m0/s1. The monoisotopic (exact) mass is 397 g/mol. The molecule has 1 N–H and O–H groups in total. The molecule has 0 aliphatic heterocycles. The van der Waals surface area contributed by atoms with Crippen molar-refractivity contribution in [3.63, 3.8) is 0 Å². The van der Waals surface area contributed by atoms with Crippen LogP contribution in [0.15, 0.2) is 42.5 Å². The molecule has 0 saturated carbocycles. The second-order valence-electron chi connectivity index (χ2n) is 8.43. The van der Waals surface area contributed by atoms with Crippen LogP contribution in [-0.4, -0.2) is 35.2 Å². The van der Waals surface area contributed by atoms with Crippen LogP contribution in [0.4, 0.5) is 13.6 Å². The Morgan fingerprint density at radius 1 is 1.00 bits per heavy atom. The number of hydrogen-bond donors (Lipinski definition) is 1. The second kappa shape index (κ2) is 9.17. The van der Waals surface area contributed by atoms with Gasteiger partial charge in [-0.25, -0.2) is 9.59 Å². The minimum atomic E-state index is -3.51. The highest BCUT2D eigenvalue weighted by atomic mass is 19.3. The second-order valence-corrected chi connectivity index (χ2v) is 8.43. The van der Waals surface area contributed by atoms with E-state index in [1.54, 1.807) is 71.9 Å². The van der Waals surface area contributed by atoms with Gasteiger partial charge in [0.2, 0.25) is 0 Å². The molecule has 1 aromatic rings. The molecule has 0 spiro atoms. The molecule has 5 nitrogen and oxygen atoms in total. The zero-order chi connectivity index (χ0) is 21.6. The van der Waals surface area contributed by atoms with E-state index in [-0.39, 0.29) is 6.42 Å². The van der Waals surface area contributed by atoms with Gasteiger partial charge in [-0.3, -0.25) is 0 Å². The summed E-state index contributed by atoms with van der Waals surface area (Å²) in [6.45, 7) is 9.83. The number of carbonyl (C=O) groups excluding carboxylic acids is 2. The molecule has 0 fully saturated rings. The number of esters is 1.